The summed E-state index contributed by atoms with van der Waals surface area (Å²) in [6.45, 7) is 4.43. The second-order valence-electron chi connectivity index (χ2n) is 5.10. The molecule has 3 heteroatoms. The molecule has 1 saturated carbocycles. The average molecular weight is 361 g/mol. The Morgan fingerprint density at radius 1 is 1.24 bits per heavy atom. The van der Waals surface area contributed by atoms with Gasteiger partial charge >= 0.3 is 0 Å². The molecule has 0 radical (unpaired) electrons. The molecule has 1 fully saturated rings. The highest BCUT2D eigenvalue weighted by Crippen LogP contribution is 2.48. The van der Waals surface area contributed by atoms with E-state index in [1.54, 1.807) is 0 Å². The molecule has 0 spiro atoms. The molecule has 17 heavy (non-hydrogen) atoms. The minimum absolute atomic E-state index is 0.640. The molecule has 0 aromatic heterocycles. The van der Waals surface area contributed by atoms with Crippen LogP contribution in [-0.2, 0) is 6.54 Å². The fourth-order valence-electron chi connectivity index (χ4n) is 2.34. The van der Waals surface area contributed by atoms with Crippen LogP contribution >= 0.6 is 31.9 Å². The van der Waals surface area contributed by atoms with Crippen LogP contribution in [0.25, 0.3) is 0 Å². The maximum Gasteiger partial charge on any atom is 0.0320 e. The van der Waals surface area contributed by atoms with Crippen LogP contribution in [0.15, 0.2) is 27.1 Å². The number of nitrogens with one attached hydrogen (secondary N) is 1. The first-order chi connectivity index (χ1) is 8.15. The normalized spacial score (nSPS) is 17.1. The van der Waals surface area contributed by atoms with E-state index in [2.05, 4.69) is 62.3 Å². The lowest BCUT2D eigenvalue weighted by atomic mass is 10.0. The van der Waals surface area contributed by atoms with Crippen molar-refractivity contribution < 1.29 is 0 Å². The summed E-state index contributed by atoms with van der Waals surface area (Å²) in [6, 6.07) is 6.44. The topological polar surface area (TPSA) is 12.0 Å². The molecule has 1 nitrogen and oxygen atoms in total. The zero-order valence-corrected chi connectivity index (χ0v) is 13.4. The third kappa shape index (κ3) is 3.80. The highest BCUT2D eigenvalue weighted by atomic mass is 79.9. The Morgan fingerprint density at radius 2 is 2.00 bits per heavy atom. The van der Waals surface area contributed by atoms with Gasteiger partial charge < -0.3 is 5.32 Å². The van der Waals surface area contributed by atoms with Gasteiger partial charge in [0.05, 0.1) is 0 Å². The number of halogens is 2. The van der Waals surface area contributed by atoms with Crippen LogP contribution < -0.4 is 5.32 Å². The fourth-order valence-corrected chi connectivity index (χ4v) is 3.02. The monoisotopic (exact) mass is 359 g/mol. The van der Waals surface area contributed by atoms with E-state index < -0.39 is 0 Å². The standard InChI is InChI=1S/C14H19Br2N/c1-2-5-14(6-7-14)10-17-9-11-3-4-12(15)13(16)8-11/h3-4,8,17H,2,5-7,9-10H2,1H3. The van der Waals surface area contributed by atoms with E-state index >= 15 is 0 Å². The summed E-state index contributed by atoms with van der Waals surface area (Å²) >= 11 is 7.03. The van der Waals surface area contributed by atoms with Crippen LogP contribution in [0, 0.1) is 5.41 Å². The zero-order valence-electron chi connectivity index (χ0n) is 10.2. The third-order valence-electron chi connectivity index (χ3n) is 3.55. The molecule has 0 unspecified atom stereocenters. The van der Waals surface area contributed by atoms with Crippen LogP contribution in [0.2, 0.25) is 0 Å². The van der Waals surface area contributed by atoms with Crippen molar-refractivity contribution >= 4 is 31.9 Å². The zero-order chi connectivity index (χ0) is 12.3. The van der Waals surface area contributed by atoms with Gasteiger partial charge in [-0.25, -0.2) is 0 Å². The maximum absolute atomic E-state index is 3.60. The number of rotatable bonds is 6. The fraction of sp³-hybridized carbons (Fsp3) is 0.571. The molecule has 0 heterocycles. The summed E-state index contributed by atoms with van der Waals surface area (Å²) in [5, 5.41) is 3.60. The summed E-state index contributed by atoms with van der Waals surface area (Å²) in [5.41, 5.74) is 1.98. The summed E-state index contributed by atoms with van der Waals surface area (Å²) < 4.78 is 2.25. The summed E-state index contributed by atoms with van der Waals surface area (Å²) in [6.07, 6.45) is 5.52. The Bertz CT molecular complexity index is 386. The van der Waals surface area contributed by atoms with Crippen molar-refractivity contribution in [1.29, 1.82) is 0 Å². The van der Waals surface area contributed by atoms with E-state index in [1.165, 1.54) is 37.8 Å². The van der Waals surface area contributed by atoms with Crippen LogP contribution in [0.5, 0.6) is 0 Å². The van der Waals surface area contributed by atoms with Gasteiger partial charge in [0, 0.05) is 22.0 Å². The first-order valence-electron chi connectivity index (χ1n) is 6.30. The minimum atomic E-state index is 0.640. The summed E-state index contributed by atoms with van der Waals surface area (Å²) in [4.78, 5) is 0. The largest absolute Gasteiger partial charge is 0.312 e. The number of benzene rings is 1. The van der Waals surface area contributed by atoms with E-state index in [1.807, 2.05) is 0 Å². The number of hydrogen-bond donors (Lipinski definition) is 1. The number of hydrogen-bond acceptors (Lipinski definition) is 1. The van der Waals surface area contributed by atoms with E-state index in [9.17, 15) is 0 Å². The third-order valence-corrected chi connectivity index (χ3v) is 5.43. The van der Waals surface area contributed by atoms with Crippen molar-refractivity contribution in [2.24, 2.45) is 5.41 Å². The van der Waals surface area contributed by atoms with Gasteiger partial charge in [-0.2, -0.15) is 0 Å². The molecule has 1 aromatic rings. The van der Waals surface area contributed by atoms with Crippen molar-refractivity contribution in [2.45, 2.75) is 39.2 Å². The Labute approximate surface area is 121 Å². The molecule has 0 bridgehead atoms. The van der Waals surface area contributed by atoms with Gasteiger partial charge in [-0.3, -0.25) is 0 Å². The minimum Gasteiger partial charge on any atom is -0.312 e. The van der Waals surface area contributed by atoms with Crippen LogP contribution in [0.3, 0.4) is 0 Å². The maximum atomic E-state index is 3.60. The molecule has 94 valence electrons. The lowest BCUT2D eigenvalue weighted by Crippen LogP contribution is -2.23. The van der Waals surface area contributed by atoms with Crippen molar-refractivity contribution in [3.05, 3.63) is 32.7 Å². The molecule has 0 atom stereocenters. The van der Waals surface area contributed by atoms with Gasteiger partial charge in [0.2, 0.25) is 0 Å². The Balaban J connectivity index is 1.80. The molecule has 0 aliphatic heterocycles. The summed E-state index contributed by atoms with van der Waals surface area (Å²) in [7, 11) is 0. The van der Waals surface area contributed by atoms with Crippen molar-refractivity contribution in [2.75, 3.05) is 6.54 Å². The lowest BCUT2D eigenvalue weighted by Gasteiger charge is -2.15. The second kappa shape index (κ2) is 5.85. The van der Waals surface area contributed by atoms with Gasteiger partial charge in [0.15, 0.2) is 0 Å². The second-order valence-corrected chi connectivity index (χ2v) is 6.81. The smallest absolute Gasteiger partial charge is 0.0320 e. The predicted octanol–water partition coefficient (Wildman–Crippen LogP) is 4.88. The van der Waals surface area contributed by atoms with Gasteiger partial charge in [-0.1, -0.05) is 19.4 Å². The van der Waals surface area contributed by atoms with Gasteiger partial charge in [-0.05, 0) is 74.2 Å². The van der Waals surface area contributed by atoms with Crippen molar-refractivity contribution in [3.8, 4) is 0 Å². The first kappa shape index (κ1) is 13.6. The molecule has 2 rings (SSSR count). The molecule has 1 aliphatic carbocycles. The lowest BCUT2D eigenvalue weighted by molar-refractivity contribution is 0.421. The molecule has 1 aliphatic rings. The molecule has 0 amide bonds. The predicted molar refractivity (Wildman–Crippen MR) is 80.1 cm³/mol. The summed E-state index contributed by atoms with van der Waals surface area (Å²) in [5.74, 6) is 0. The van der Waals surface area contributed by atoms with E-state index in [4.69, 9.17) is 0 Å². The van der Waals surface area contributed by atoms with E-state index in [0.29, 0.717) is 5.41 Å². The Kier molecular flexibility index (Phi) is 4.67. The SMILES string of the molecule is CCCC1(CNCc2ccc(Br)c(Br)c2)CC1. The van der Waals surface area contributed by atoms with Crippen LogP contribution in [0.4, 0.5) is 0 Å². The average Bonchev–Trinajstić information content (AvgIpc) is 3.04. The van der Waals surface area contributed by atoms with E-state index in [-0.39, 0.29) is 0 Å². The molecular weight excluding hydrogens is 342 g/mol. The Morgan fingerprint density at radius 3 is 2.59 bits per heavy atom. The van der Waals surface area contributed by atoms with Crippen molar-refractivity contribution in [3.63, 3.8) is 0 Å². The quantitative estimate of drug-likeness (QED) is 0.762. The molecule has 1 aromatic carbocycles. The highest BCUT2D eigenvalue weighted by molar-refractivity contribution is 9.13. The molecule has 1 N–H and O–H groups in total. The Hall–Kier alpha value is 0.140. The first-order valence-corrected chi connectivity index (χ1v) is 7.88. The van der Waals surface area contributed by atoms with Gasteiger partial charge in [0.1, 0.15) is 0 Å². The van der Waals surface area contributed by atoms with Crippen LogP contribution in [-0.4, -0.2) is 6.54 Å². The van der Waals surface area contributed by atoms with Gasteiger partial charge in [-0.15, -0.1) is 0 Å². The molecular formula is C14H19Br2N. The van der Waals surface area contributed by atoms with Gasteiger partial charge in [0.25, 0.3) is 0 Å². The molecule has 0 saturated heterocycles. The highest BCUT2D eigenvalue weighted by Gasteiger charge is 2.40. The van der Waals surface area contributed by atoms with Crippen molar-refractivity contribution in [1.82, 2.24) is 5.32 Å². The van der Waals surface area contributed by atoms with E-state index in [0.717, 1.165) is 15.5 Å². The van der Waals surface area contributed by atoms with Crippen LogP contribution in [0.1, 0.15) is 38.2 Å².